The van der Waals surface area contributed by atoms with E-state index in [0.717, 1.165) is 17.7 Å². The van der Waals surface area contributed by atoms with Gasteiger partial charge in [0, 0.05) is 6.42 Å². The minimum absolute atomic E-state index is 0.213. The van der Waals surface area contributed by atoms with Gasteiger partial charge in [0.25, 0.3) is 0 Å². The summed E-state index contributed by atoms with van der Waals surface area (Å²) in [6.45, 7) is 4.91. The fourth-order valence-electron chi connectivity index (χ4n) is 1.80. The first-order valence-electron chi connectivity index (χ1n) is 5.48. The third-order valence-electron chi connectivity index (χ3n) is 2.78. The van der Waals surface area contributed by atoms with Crippen LogP contribution in [0.4, 0.5) is 0 Å². The van der Waals surface area contributed by atoms with Crippen LogP contribution < -0.4 is 4.74 Å². The fourth-order valence-corrected chi connectivity index (χ4v) is 1.80. The van der Waals surface area contributed by atoms with E-state index in [0.29, 0.717) is 18.9 Å². The van der Waals surface area contributed by atoms with Crippen LogP contribution >= 0.6 is 0 Å². The van der Waals surface area contributed by atoms with Gasteiger partial charge in [0.1, 0.15) is 5.75 Å². The van der Waals surface area contributed by atoms with Crippen LogP contribution in [-0.2, 0) is 0 Å². The lowest BCUT2D eigenvalue weighted by molar-refractivity contribution is 0.0983. The minimum atomic E-state index is 0.213. The van der Waals surface area contributed by atoms with E-state index >= 15 is 0 Å². The van der Waals surface area contributed by atoms with Crippen LogP contribution in [0.2, 0.25) is 0 Å². The van der Waals surface area contributed by atoms with E-state index in [1.165, 1.54) is 5.56 Å². The zero-order valence-corrected chi connectivity index (χ0v) is 9.25. The third kappa shape index (κ3) is 2.04. The van der Waals surface area contributed by atoms with Gasteiger partial charge >= 0.3 is 0 Å². The molecule has 2 nitrogen and oxygen atoms in total. The number of fused-ring (bicyclic) bond motifs is 1. The van der Waals surface area contributed by atoms with Crippen LogP contribution in [0.15, 0.2) is 18.2 Å². The Kier molecular flexibility index (Phi) is 2.76. The second-order valence-corrected chi connectivity index (χ2v) is 4.29. The molecule has 0 aromatic heterocycles. The van der Waals surface area contributed by atoms with Crippen molar-refractivity contribution in [2.24, 2.45) is 0 Å². The number of carbonyl (C=O) groups excluding carboxylic acids is 1. The summed E-state index contributed by atoms with van der Waals surface area (Å²) in [4.78, 5) is 11.8. The highest BCUT2D eigenvalue weighted by Gasteiger charge is 2.17. The summed E-state index contributed by atoms with van der Waals surface area (Å²) in [5.41, 5.74) is 1.96. The summed E-state index contributed by atoms with van der Waals surface area (Å²) in [5, 5.41) is 0. The molecule has 15 heavy (non-hydrogen) atoms. The molecule has 1 aliphatic heterocycles. The summed E-state index contributed by atoms with van der Waals surface area (Å²) in [6.07, 6.45) is 1.43. The van der Waals surface area contributed by atoms with Crippen LogP contribution in [0, 0.1) is 0 Å². The molecule has 0 bridgehead atoms. The molecule has 80 valence electrons. The van der Waals surface area contributed by atoms with Gasteiger partial charge in [0.15, 0.2) is 5.78 Å². The summed E-state index contributed by atoms with van der Waals surface area (Å²) >= 11 is 0. The van der Waals surface area contributed by atoms with Crippen LogP contribution in [0.3, 0.4) is 0 Å². The van der Waals surface area contributed by atoms with E-state index in [9.17, 15) is 4.79 Å². The Labute approximate surface area is 90.3 Å². The molecule has 0 saturated heterocycles. The second-order valence-electron chi connectivity index (χ2n) is 4.29. The molecule has 0 saturated carbocycles. The number of rotatable bonds is 1. The zero-order valence-electron chi connectivity index (χ0n) is 9.25. The number of ketones is 1. The lowest BCUT2D eigenvalue weighted by atomic mass is 9.98. The van der Waals surface area contributed by atoms with Crippen molar-refractivity contribution < 1.29 is 9.53 Å². The molecular formula is C13H16O2. The lowest BCUT2D eigenvalue weighted by Gasteiger charge is -2.10. The second kappa shape index (κ2) is 4.05. The van der Waals surface area contributed by atoms with Crippen molar-refractivity contribution in [3.8, 4) is 5.75 Å². The molecule has 0 unspecified atom stereocenters. The Morgan fingerprint density at radius 2 is 2.13 bits per heavy atom. The van der Waals surface area contributed by atoms with Crippen molar-refractivity contribution in [3.63, 3.8) is 0 Å². The highest BCUT2D eigenvalue weighted by molar-refractivity contribution is 5.99. The van der Waals surface area contributed by atoms with Gasteiger partial charge in [-0.1, -0.05) is 19.9 Å². The summed E-state index contributed by atoms with van der Waals surface area (Å²) in [5.74, 6) is 1.42. The maximum absolute atomic E-state index is 11.8. The molecule has 2 heteroatoms. The van der Waals surface area contributed by atoms with Crippen molar-refractivity contribution in [2.75, 3.05) is 6.61 Å². The SMILES string of the molecule is CC(C)c1ccc2c(c1)C(=O)CCCO2. The van der Waals surface area contributed by atoms with Gasteiger partial charge in [0.05, 0.1) is 12.2 Å². The number of hydrogen-bond acceptors (Lipinski definition) is 2. The number of benzene rings is 1. The molecule has 0 atom stereocenters. The van der Waals surface area contributed by atoms with Crippen molar-refractivity contribution in [1.29, 1.82) is 0 Å². The first-order chi connectivity index (χ1) is 7.18. The molecule has 0 spiro atoms. The van der Waals surface area contributed by atoms with Gasteiger partial charge in [-0.3, -0.25) is 4.79 Å². The van der Waals surface area contributed by atoms with E-state index in [2.05, 4.69) is 13.8 Å². The van der Waals surface area contributed by atoms with Crippen molar-refractivity contribution in [3.05, 3.63) is 29.3 Å². The molecular weight excluding hydrogens is 188 g/mol. The maximum atomic E-state index is 11.8. The average Bonchev–Trinajstić information content (AvgIpc) is 2.40. The Hall–Kier alpha value is -1.31. The van der Waals surface area contributed by atoms with Crippen LogP contribution in [0.25, 0.3) is 0 Å². The normalized spacial score (nSPS) is 15.8. The van der Waals surface area contributed by atoms with Gasteiger partial charge in [0.2, 0.25) is 0 Å². The van der Waals surface area contributed by atoms with E-state index in [-0.39, 0.29) is 5.78 Å². The smallest absolute Gasteiger partial charge is 0.166 e. The van der Waals surface area contributed by atoms with Crippen molar-refractivity contribution in [2.45, 2.75) is 32.6 Å². The average molecular weight is 204 g/mol. The number of ether oxygens (including phenoxy) is 1. The van der Waals surface area contributed by atoms with Gasteiger partial charge in [-0.2, -0.15) is 0 Å². The number of carbonyl (C=O) groups is 1. The van der Waals surface area contributed by atoms with E-state index in [1.54, 1.807) is 0 Å². The Morgan fingerprint density at radius 3 is 2.87 bits per heavy atom. The molecule has 0 fully saturated rings. The summed E-state index contributed by atoms with van der Waals surface area (Å²) in [6, 6.07) is 5.95. The van der Waals surface area contributed by atoms with Crippen molar-refractivity contribution in [1.82, 2.24) is 0 Å². The quantitative estimate of drug-likeness (QED) is 0.702. The van der Waals surface area contributed by atoms with Crippen LogP contribution in [0.5, 0.6) is 5.75 Å². The largest absolute Gasteiger partial charge is 0.493 e. The molecule has 1 aliphatic rings. The number of hydrogen-bond donors (Lipinski definition) is 0. The summed E-state index contributed by atoms with van der Waals surface area (Å²) < 4.78 is 5.53. The van der Waals surface area contributed by atoms with Gasteiger partial charge in [-0.15, -0.1) is 0 Å². The molecule has 0 N–H and O–H groups in total. The fraction of sp³-hybridized carbons (Fsp3) is 0.462. The predicted molar refractivity (Wildman–Crippen MR) is 59.6 cm³/mol. The van der Waals surface area contributed by atoms with E-state index < -0.39 is 0 Å². The number of Topliss-reactive ketones (excluding diaryl/α,β-unsaturated/α-hetero) is 1. The van der Waals surface area contributed by atoms with Gasteiger partial charge < -0.3 is 4.74 Å². The molecule has 0 radical (unpaired) electrons. The van der Waals surface area contributed by atoms with Gasteiger partial charge in [-0.25, -0.2) is 0 Å². The molecule has 1 aromatic rings. The third-order valence-corrected chi connectivity index (χ3v) is 2.78. The monoisotopic (exact) mass is 204 g/mol. The van der Waals surface area contributed by atoms with E-state index in [1.807, 2.05) is 18.2 Å². The molecule has 1 heterocycles. The first-order valence-corrected chi connectivity index (χ1v) is 5.48. The lowest BCUT2D eigenvalue weighted by Crippen LogP contribution is -1.99. The highest BCUT2D eigenvalue weighted by Crippen LogP contribution is 2.27. The highest BCUT2D eigenvalue weighted by atomic mass is 16.5. The summed E-state index contributed by atoms with van der Waals surface area (Å²) in [7, 11) is 0. The molecule has 0 aliphatic carbocycles. The maximum Gasteiger partial charge on any atom is 0.166 e. The Balaban J connectivity index is 2.44. The zero-order chi connectivity index (χ0) is 10.8. The van der Waals surface area contributed by atoms with Crippen LogP contribution in [-0.4, -0.2) is 12.4 Å². The Morgan fingerprint density at radius 1 is 1.33 bits per heavy atom. The minimum Gasteiger partial charge on any atom is -0.493 e. The van der Waals surface area contributed by atoms with E-state index in [4.69, 9.17) is 4.74 Å². The van der Waals surface area contributed by atoms with Crippen molar-refractivity contribution >= 4 is 5.78 Å². The Bertz CT molecular complexity index is 380. The first kappa shape index (κ1) is 10.2. The molecule has 1 aromatic carbocycles. The van der Waals surface area contributed by atoms with Crippen LogP contribution in [0.1, 0.15) is 48.5 Å². The molecule has 0 amide bonds. The standard InChI is InChI=1S/C13H16O2/c1-9(2)10-5-6-13-11(8-10)12(14)4-3-7-15-13/h5-6,8-9H,3-4,7H2,1-2H3. The van der Waals surface area contributed by atoms with Gasteiger partial charge in [-0.05, 0) is 30.0 Å². The molecule has 2 rings (SSSR count). The topological polar surface area (TPSA) is 26.3 Å². The predicted octanol–water partition coefficient (Wildman–Crippen LogP) is 3.17.